The maximum atomic E-state index is 12.7. The second-order valence-electron chi connectivity index (χ2n) is 19.6. The standard InChI is InChI=1S/C60H110O6/c1-4-7-10-13-16-18-19-20-21-22-23-24-25-26-27-28-29-30-31-32-33-34-35-36-37-38-39-40-41-42-45-47-50-53-59(62)65-56-57(55-64-58(61)52-49-46-43-15-12-9-6-3)66-60(63)54-51-48-44-17-14-11-8-5-2/h19-20,22-23,25-26,57H,4-18,21,24,27-56H2,1-3H3/b20-19-,23-22-,26-25-. The molecule has 0 saturated carbocycles. The summed E-state index contributed by atoms with van der Waals surface area (Å²) in [4.78, 5) is 37.7. The van der Waals surface area contributed by atoms with E-state index in [0.29, 0.717) is 19.3 Å². The van der Waals surface area contributed by atoms with Gasteiger partial charge in [-0.3, -0.25) is 14.4 Å². The highest BCUT2D eigenvalue weighted by molar-refractivity contribution is 5.71. The summed E-state index contributed by atoms with van der Waals surface area (Å²) in [5.74, 6) is -0.866. The second kappa shape index (κ2) is 55.2. The Hall–Kier alpha value is -2.37. The minimum Gasteiger partial charge on any atom is -0.462 e. The molecule has 0 aliphatic heterocycles. The van der Waals surface area contributed by atoms with Crippen LogP contribution in [-0.2, 0) is 28.6 Å². The van der Waals surface area contributed by atoms with Gasteiger partial charge in [-0.15, -0.1) is 0 Å². The smallest absolute Gasteiger partial charge is 0.306 e. The molecule has 6 heteroatoms. The van der Waals surface area contributed by atoms with E-state index in [9.17, 15) is 14.4 Å². The lowest BCUT2D eigenvalue weighted by atomic mass is 10.0. The molecule has 0 saturated heterocycles. The third-order valence-corrected chi connectivity index (χ3v) is 12.9. The Balaban J connectivity index is 3.85. The monoisotopic (exact) mass is 927 g/mol. The molecule has 0 heterocycles. The first-order chi connectivity index (χ1) is 32.5. The molecule has 0 amide bonds. The zero-order valence-corrected chi connectivity index (χ0v) is 44.2. The van der Waals surface area contributed by atoms with Crippen molar-refractivity contribution in [3.8, 4) is 0 Å². The molecule has 386 valence electrons. The fourth-order valence-corrected chi connectivity index (χ4v) is 8.51. The van der Waals surface area contributed by atoms with Gasteiger partial charge < -0.3 is 14.2 Å². The van der Waals surface area contributed by atoms with Crippen molar-refractivity contribution in [3.63, 3.8) is 0 Å². The molecule has 0 N–H and O–H groups in total. The van der Waals surface area contributed by atoms with E-state index in [0.717, 1.165) is 70.6 Å². The highest BCUT2D eigenvalue weighted by Crippen LogP contribution is 2.17. The minimum absolute atomic E-state index is 0.0672. The van der Waals surface area contributed by atoms with Crippen LogP contribution >= 0.6 is 0 Å². The molecule has 0 spiro atoms. The Labute approximate surface area is 410 Å². The summed E-state index contributed by atoms with van der Waals surface area (Å²) < 4.78 is 16.7. The third kappa shape index (κ3) is 52.6. The van der Waals surface area contributed by atoms with Gasteiger partial charge >= 0.3 is 17.9 Å². The lowest BCUT2D eigenvalue weighted by Crippen LogP contribution is -2.30. The van der Waals surface area contributed by atoms with Crippen LogP contribution in [0.25, 0.3) is 0 Å². The van der Waals surface area contributed by atoms with Gasteiger partial charge in [-0.25, -0.2) is 0 Å². The topological polar surface area (TPSA) is 78.9 Å². The first-order valence-electron chi connectivity index (χ1n) is 29.0. The van der Waals surface area contributed by atoms with Gasteiger partial charge in [-0.1, -0.05) is 269 Å². The molecule has 0 aliphatic carbocycles. The van der Waals surface area contributed by atoms with Crippen LogP contribution in [-0.4, -0.2) is 37.2 Å². The van der Waals surface area contributed by atoms with E-state index < -0.39 is 6.10 Å². The van der Waals surface area contributed by atoms with Gasteiger partial charge in [0, 0.05) is 19.3 Å². The van der Waals surface area contributed by atoms with E-state index in [2.05, 4.69) is 57.2 Å². The number of hydrogen-bond acceptors (Lipinski definition) is 6. The van der Waals surface area contributed by atoms with Gasteiger partial charge in [0.25, 0.3) is 0 Å². The maximum Gasteiger partial charge on any atom is 0.306 e. The second-order valence-corrected chi connectivity index (χ2v) is 19.6. The molecule has 0 aromatic carbocycles. The molecule has 0 rings (SSSR count). The molecule has 1 unspecified atom stereocenters. The highest BCUT2D eigenvalue weighted by atomic mass is 16.6. The first kappa shape index (κ1) is 63.6. The predicted molar refractivity (Wildman–Crippen MR) is 284 cm³/mol. The summed E-state index contributed by atoms with van der Waals surface area (Å²) >= 11 is 0. The van der Waals surface area contributed by atoms with Crippen molar-refractivity contribution in [1.82, 2.24) is 0 Å². The average Bonchev–Trinajstić information content (AvgIpc) is 3.31. The number of esters is 3. The lowest BCUT2D eigenvalue weighted by molar-refractivity contribution is -0.167. The van der Waals surface area contributed by atoms with Crippen molar-refractivity contribution in [1.29, 1.82) is 0 Å². The molecule has 0 fully saturated rings. The fourth-order valence-electron chi connectivity index (χ4n) is 8.51. The van der Waals surface area contributed by atoms with Crippen LogP contribution in [0.2, 0.25) is 0 Å². The number of ether oxygens (including phenoxy) is 3. The van der Waals surface area contributed by atoms with E-state index in [1.54, 1.807) is 0 Å². The molecular formula is C60H110O6. The molecular weight excluding hydrogens is 817 g/mol. The van der Waals surface area contributed by atoms with E-state index >= 15 is 0 Å². The van der Waals surface area contributed by atoms with Crippen molar-refractivity contribution in [2.45, 2.75) is 316 Å². The number of hydrogen-bond donors (Lipinski definition) is 0. The zero-order valence-electron chi connectivity index (χ0n) is 44.2. The van der Waals surface area contributed by atoms with E-state index in [4.69, 9.17) is 14.2 Å². The summed E-state index contributed by atoms with van der Waals surface area (Å²) in [7, 11) is 0. The molecule has 66 heavy (non-hydrogen) atoms. The number of rotatable bonds is 53. The summed E-state index contributed by atoms with van der Waals surface area (Å²) in [5.41, 5.74) is 0. The van der Waals surface area contributed by atoms with Crippen LogP contribution in [0, 0.1) is 0 Å². The average molecular weight is 928 g/mol. The van der Waals surface area contributed by atoms with Crippen molar-refractivity contribution < 1.29 is 28.6 Å². The van der Waals surface area contributed by atoms with E-state index in [-0.39, 0.29) is 31.1 Å². The summed E-state index contributed by atoms with van der Waals surface area (Å²) in [5, 5.41) is 0. The quantitative estimate of drug-likeness (QED) is 0.0262. The molecule has 1 atom stereocenters. The molecule has 0 radical (unpaired) electrons. The Morgan fingerprint density at radius 1 is 0.303 bits per heavy atom. The van der Waals surface area contributed by atoms with Gasteiger partial charge in [-0.05, 0) is 57.8 Å². The number of unbranched alkanes of at least 4 members (excludes halogenated alkanes) is 36. The van der Waals surface area contributed by atoms with Gasteiger partial charge in [0.15, 0.2) is 6.10 Å². The van der Waals surface area contributed by atoms with Gasteiger partial charge in [0.05, 0.1) is 0 Å². The Morgan fingerprint density at radius 2 is 0.545 bits per heavy atom. The van der Waals surface area contributed by atoms with Crippen LogP contribution in [0.15, 0.2) is 36.5 Å². The number of allylic oxidation sites excluding steroid dienone is 6. The molecule has 0 aliphatic rings. The largest absolute Gasteiger partial charge is 0.462 e. The van der Waals surface area contributed by atoms with Crippen LogP contribution in [0.4, 0.5) is 0 Å². The van der Waals surface area contributed by atoms with Crippen LogP contribution < -0.4 is 0 Å². The summed E-state index contributed by atoms with van der Waals surface area (Å²) in [6.07, 6.45) is 66.3. The third-order valence-electron chi connectivity index (χ3n) is 12.9. The van der Waals surface area contributed by atoms with Gasteiger partial charge in [-0.2, -0.15) is 0 Å². The van der Waals surface area contributed by atoms with Crippen molar-refractivity contribution in [3.05, 3.63) is 36.5 Å². The van der Waals surface area contributed by atoms with Crippen LogP contribution in [0.1, 0.15) is 310 Å². The maximum absolute atomic E-state index is 12.7. The zero-order chi connectivity index (χ0) is 47.9. The van der Waals surface area contributed by atoms with E-state index in [1.807, 2.05) is 0 Å². The van der Waals surface area contributed by atoms with Crippen molar-refractivity contribution in [2.75, 3.05) is 13.2 Å². The highest BCUT2D eigenvalue weighted by Gasteiger charge is 2.19. The van der Waals surface area contributed by atoms with Crippen molar-refractivity contribution in [2.24, 2.45) is 0 Å². The van der Waals surface area contributed by atoms with Crippen molar-refractivity contribution >= 4 is 17.9 Å². The molecule has 0 aromatic rings. The molecule has 0 bridgehead atoms. The molecule has 6 nitrogen and oxygen atoms in total. The number of carbonyl (C=O) groups is 3. The predicted octanol–water partition coefficient (Wildman–Crippen LogP) is 19.3. The minimum atomic E-state index is -0.762. The Bertz CT molecular complexity index is 1110. The first-order valence-corrected chi connectivity index (χ1v) is 29.0. The SMILES string of the molecule is CCCCCCC/C=C\C/C=C\C/C=C\CCCCCCCCCCCCCCCCCCCCC(=O)OCC(COC(=O)CCCCCCCCC)OC(=O)CCCCCCCCCC. The lowest BCUT2D eigenvalue weighted by Gasteiger charge is -2.18. The summed E-state index contributed by atoms with van der Waals surface area (Å²) in [6, 6.07) is 0. The molecule has 0 aromatic heterocycles. The van der Waals surface area contributed by atoms with E-state index in [1.165, 1.54) is 199 Å². The van der Waals surface area contributed by atoms with Crippen LogP contribution in [0.5, 0.6) is 0 Å². The Kier molecular flexibility index (Phi) is 53.2. The van der Waals surface area contributed by atoms with Gasteiger partial charge in [0.2, 0.25) is 0 Å². The van der Waals surface area contributed by atoms with Gasteiger partial charge in [0.1, 0.15) is 13.2 Å². The Morgan fingerprint density at radius 3 is 0.848 bits per heavy atom. The normalized spacial score (nSPS) is 12.2. The number of carbonyl (C=O) groups excluding carboxylic acids is 3. The fraction of sp³-hybridized carbons (Fsp3) is 0.850. The van der Waals surface area contributed by atoms with Crippen LogP contribution in [0.3, 0.4) is 0 Å². The summed E-state index contributed by atoms with van der Waals surface area (Å²) in [6.45, 7) is 6.58.